The molecular weight excluding hydrogens is 348 g/mol. The van der Waals surface area contributed by atoms with Crippen LogP contribution in [0.3, 0.4) is 0 Å². The quantitative estimate of drug-likeness (QED) is 0.737. The zero-order valence-corrected chi connectivity index (χ0v) is 16.5. The molecule has 2 aromatic carbocycles. The lowest BCUT2D eigenvalue weighted by molar-refractivity contribution is -0.121. The second kappa shape index (κ2) is 9.35. The Hall–Kier alpha value is -2.17. The van der Waals surface area contributed by atoms with Gasteiger partial charge in [-0.3, -0.25) is 9.69 Å². The van der Waals surface area contributed by atoms with Crippen molar-refractivity contribution < 1.29 is 9.53 Å². The normalized spacial score (nSPS) is 20.1. The lowest BCUT2D eigenvalue weighted by Crippen LogP contribution is -2.40. The van der Waals surface area contributed by atoms with E-state index in [0.717, 1.165) is 56.3 Å². The van der Waals surface area contributed by atoms with Gasteiger partial charge in [0.25, 0.3) is 0 Å². The Bertz CT molecular complexity index is 773. The van der Waals surface area contributed by atoms with Crippen molar-refractivity contribution in [1.29, 1.82) is 0 Å². The second-order valence-electron chi connectivity index (χ2n) is 8.21. The van der Waals surface area contributed by atoms with E-state index >= 15 is 0 Å². The van der Waals surface area contributed by atoms with Gasteiger partial charge in [-0.05, 0) is 61.4 Å². The number of hydrogen-bond acceptors (Lipinski definition) is 3. The zero-order valence-electron chi connectivity index (χ0n) is 16.5. The highest BCUT2D eigenvalue weighted by molar-refractivity contribution is 5.92. The fraction of sp³-hybridized carbons (Fsp3) is 0.458. The van der Waals surface area contributed by atoms with Crippen molar-refractivity contribution in [3.8, 4) is 0 Å². The van der Waals surface area contributed by atoms with E-state index in [-0.39, 0.29) is 11.8 Å². The Morgan fingerprint density at radius 3 is 2.68 bits per heavy atom. The first kappa shape index (κ1) is 19.2. The summed E-state index contributed by atoms with van der Waals surface area (Å²) in [4.78, 5) is 15.2. The van der Waals surface area contributed by atoms with Crippen molar-refractivity contribution in [2.45, 2.75) is 38.8 Å². The molecule has 0 radical (unpaired) electrons. The number of rotatable bonds is 8. The van der Waals surface area contributed by atoms with Gasteiger partial charge in [-0.1, -0.05) is 42.5 Å². The van der Waals surface area contributed by atoms with Crippen LogP contribution in [0.25, 0.3) is 0 Å². The van der Waals surface area contributed by atoms with Gasteiger partial charge in [-0.2, -0.15) is 0 Å². The Labute approximate surface area is 167 Å². The summed E-state index contributed by atoms with van der Waals surface area (Å²) < 4.78 is 5.77. The molecule has 4 nitrogen and oxygen atoms in total. The lowest BCUT2D eigenvalue weighted by Gasteiger charge is -2.32. The SMILES string of the molecule is O=C(Nc1cccc(COCC2CC2)c1)C1CCCN(Cc2ccccc2)C1. The third kappa shape index (κ3) is 5.66. The number of carbonyl (C=O) groups is 1. The minimum absolute atomic E-state index is 0.0484. The van der Waals surface area contributed by atoms with E-state index in [4.69, 9.17) is 4.74 Å². The molecule has 1 atom stereocenters. The van der Waals surface area contributed by atoms with Crippen LogP contribution in [0.4, 0.5) is 5.69 Å². The van der Waals surface area contributed by atoms with E-state index in [2.05, 4.69) is 40.5 Å². The van der Waals surface area contributed by atoms with Crippen molar-refractivity contribution in [3.05, 3.63) is 65.7 Å². The molecule has 0 spiro atoms. The summed E-state index contributed by atoms with van der Waals surface area (Å²) >= 11 is 0. The van der Waals surface area contributed by atoms with E-state index in [1.54, 1.807) is 0 Å². The van der Waals surface area contributed by atoms with Gasteiger partial charge in [0.05, 0.1) is 12.5 Å². The molecule has 4 rings (SSSR count). The first-order chi connectivity index (χ1) is 13.8. The average molecular weight is 379 g/mol. The Balaban J connectivity index is 1.28. The van der Waals surface area contributed by atoms with Gasteiger partial charge in [0.1, 0.15) is 0 Å². The molecule has 1 N–H and O–H groups in total. The number of piperidine rings is 1. The van der Waals surface area contributed by atoms with Crippen LogP contribution in [0.2, 0.25) is 0 Å². The first-order valence-corrected chi connectivity index (χ1v) is 10.5. The van der Waals surface area contributed by atoms with Crippen LogP contribution in [0, 0.1) is 11.8 Å². The van der Waals surface area contributed by atoms with Crippen molar-refractivity contribution in [2.24, 2.45) is 11.8 Å². The minimum atomic E-state index is 0.0484. The summed E-state index contributed by atoms with van der Waals surface area (Å²) in [5.74, 6) is 0.953. The van der Waals surface area contributed by atoms with Gasteiger partial charge in [0.15, 0.2) is 0 Å². The fourth-order valence-electron chi connectivity index (χ4n) is 3.87. The van der Waals surface area contributed by atoms with E-state index in [0.29, 0.717) is 6.61 Å². The number of likely N-dealkylation sites (tertiary alicyclic amines) is 1. The summed E-state index contributed by atoms with van der Waals surface area (Å²) in [6.07, 6.45) is 4.64. The second-order valence-corrected chi connectivity index (χ2v) is 8.21. The number of nitrogens with one attached hydrogen (secondary N) is 1. The predicted molar refractivity (Wildman–Crippen MR) is 112 cm³/mol. The van der Waals surface area contributed by atoms with E-state index in [1.807, 2.05) is 24.3 Å². The standard InChI is InChI=1S/C24H30N2O2/c27-24(22-9-5-13-26(16-22)15-19-6-2-1-3-7-19)25-23-10-4-8-21(14-23)18-28-17-20-11-12-20/h1-4,6-8,10,14,20,22H,5,9,11-13,15-18H2,(H,25,27). The minimum Gasteiger partial charge on any atom is -0.376 e. The molecule has 0 bridgehead atoms. The smallest absolute Gasteiger partial charge is 0.228 e. The van der Waals surface area contributed by atoms with Gasteiger partial charge < -0.3 is 10.1 Å². The van der Waals surface area contributed by atoms with Crippen molar-refractivity contribution >= 4 is 11.6 Å². The molecule has 2 aliphatic rings. The van der Waals surface area contributed by atoms with Crippen LogP contribution in [-0.2, 0) is 22.7 Å². The molecule has 1 saturated carbocycles. The Kier molecular flexibility index (Phi) is 6.40. The highest BCUT2D eigenvalue weighted by Gasteiger charge is 2.26. The molecule has 1 amide bonds. The monoisotopic (exact) mass is 378 g/mol. The van der Waals surface area contributed by atoms with E-state index < -0.39 is 0 Å². The topological polar surface area (TPSA) is 41.6 Å². The number of ether oxygens (including phenoxy) is 1. The van der Waals surface area contributed by atoms with Crippen molar-refractivity contribution in [2.75, 3.05) is 25.0 Å². The summed E-state index contributed by atoms with van der Waals surface area (Å²) in [6.45, 7) is 4.28. The number of carbonyl (C=O) groups excluding carboxylic acids is 1. The largest absolute Gasteiger partial charge is 0.376 e. The molecule has 1 aliphatic heterocycles. The third-order valence-electron chi connectivity index (χ3n) is 5.64. The number of benzene rings is 2. The molecule has 28 heavy (non-hydrogen) atoms. The summed E-state index contributed by atoms with van der Waals surface area (Å²) in [5.41, 5.74) is 3.30. The molecular formula is C24H30N2O2. The van der Waals surface area contributed by atoms with Crippen LogP contribution < -0.4 is 5.32 Å². The molecule has 1 unspecified atom stereocenters. The summed E-state index contributed by atoms with van der Waals surface area (Å²) in [5, 5.41) is 3.13. The maximum Gasteiger partial charge on any atom is 0.228 e. The molecule has 148 valence electrons. The van der Waals surface area contributed by atoms with Crippen molar-refractivity contribution in [3.63, 3.8) is 0 Å². The van der Waals surface area contributed by atoms with Crippen LogP contribution in [0.15, 0.2) is 54.6 Å². The molecule has 1 aliphatic carbocycles. The van der Waals surface area contributed by atoms with Crippen molar-refractivity contribution in [1.82, 2.24) is 4.90 Å². The van der Waals surface area contributed by atoms with E-state index in [9.17, 15) is 4.79 Å². The fourth-order valence-corrected chi connectivity index (χ4v) is 3.87. The van der Waals surface area contributed by atoms with Gasteiger partial charge >= 0.3 is 0 Å². The summed E-state index contributed by atoms with van der Waals surface area (Å²) in [7, 11) is 0. The van der Waals surface area contributed by atoms with Gasteiger partial charge in [-0.15, -0.1) is 0 Å². The molecule has 1 heterocycles. The Morgan fingerprint density at radius 2 is 1.86 bits per heavy atom. The molecule has 2 fully saturated rings. The number of anilines is 1. The van der Waals surface area contributed by atoms with Gasteiger partial charge in [0, 0.05) is 25.4 Å². The lowest BCUT2D eigenvalue weighted by atomic mass is 9.96. The number of hydrogen-bond donors (Lipinski definition) is 1. The van der Waals surface area contributed by atoms with Gasteiger partial charge in [-0.25, -0.2) is 0 Å². The summed E-state index contributed by atoms with van der Waals surface area (Å²) in [6, 6.07) is 18.6. The van der Waals surface area contributed by atoms with Crippen LogP contribution in [0.5, 0.6) is 0 Å². The third-order valence-corrected chi connectivity index (χ3v) is 5.64. The van der Waals surface area contributed by atoms with Crippen LogP contribution in [0.1, 0.15) is 36.8 Å². The maximum absolute atomic E-state index is 12.8. The zero-order chi connectivity index (χ0) is 19.2. The van der Waals surface area contributed by atoms with Crippen LogP contribution >= 0.6 is 0 Å². The molecule has 2 aromatic rings. The highest BCUT2D eigenvalue weighted by atomic mass is 16.5. The number of nitrogens with zero attached hydrogens (tertiary/aromatic N) is 1. The predicted octanol–water partition coefficient (Wildman–Crippen LogP) is 4.46. The molecule has 4 heteroatoms. The van der Waals surface area contributed by atoms with E-state index in [1.165, 1.54) is 18.4 Å². The first-order valence-electron chi connectivity index (χ1n) is 10.5. The Morgan fingerprint density at radius 1 is 1.04 bits per heavy atom. The van der Waals surface area contributed by atoms with Crippen LogP contribution in [-0.4, -0.2) is 30.5 Å². The van der Waals surface area contributed by atoms with Gasteiger partial charge in [0.2, 0.25) is 5.91 Å². The molecule has 1 saturated heterocycles. The number of amides is 1. The molecule has 0 aromatic heterocycles. The average Bonchev–Trinajstić information content (AvgIpc) is 3.54. The highest BCUT2D eigenvalue weighted by Crippen LogP contribution is 2.29. The maximum atomic E-state index is 12.8.